The first-order chi connectivity index (χ1) is 7.12. The maximum absolute atomic E-state index is 11.8. The van der Waals surface area contributed by atoms with Crippen LogP contribution in [0.2, 0.25) is 0 Å². The smallest absolute Gasteiger partial charge is 0.321 e. The molecule has 80 valence electrons. The van der Waals surface area contributed by atoms with Crippen molar-refractivity contribution < 1.29 is 9.53 Å². The highest BCUT2D eigenvalue weighted by Gasteiger charge is 2.29. The van der Waals surface area contributed by atoms with E-state index in [1.165, 1.54) is 0 Å². The zero-order chi connectivity index (χ0) is 11.3. The zero-order valence-electron chi connectivity index (χ0n) is 9.19. The Balaban J connectivity index is 2.75. The van der Waals surface area contributed by atoms with E-state index in [-0.39, 0.29) is 5.97 Å². The van der Waals surface area contributed by atoms with E-state index in [1.54, 1.807) is 18.2 Å². The molecule has 15 heavy (non-hydrogen) atoms. The topological polar surface area (TPSA) is 26.3 Å². The average Bonchev–Trinajstić information content (AvgIpc) is 2.29. The van der Waals surface area contributed by atoms with Crippen molar-refractivity contribution in [2.75, 3.05) is 0 Å². The molecule has 1 unspecified atom stereocenters. The predicted octanol–water partition coefficient (Wildman–Crippen LogP) is 3.19. The highest BCUT2D eigenvalue weighted by atomic mass is 16.5. The summed E-state index contributed by atoms with van der Waals surface area (Å²) in [4.78, 5) is 11.8. The molecule has 0 radical (unpaired) electrons. The standard InChI is InChI=1S/C13H16O2/c1-4-13(3,5-2)12(14)15-11-9-7-6-8-10-11/h4,6-10H,1,5H2,2-3H3. The summed E-state index contributed by atoms with van der Waals surface area (Å²) in [6, 6.07) is 9.07. The molecule has 0 bridgehead atoms. The third kappa shape index (κ3) is 2.69. The van der Waals surface area contributed by atoms with E-state index in [0.717, 1.165) is 0 Å². The molecule has 0 heterocycles. The third-order valence-electron chi connectivity index (χ3n) is 2.61. The van der Waals surface area contributed by atoms with Gasteiger partial charge in [0.2, 0.25) is 0 Å². The number of carbonyl (C=O) groups excluding carboxylic acids is 1. The Hall–Kier alpha value is -1.57. The van der Waals surface area contributed by atoms with Crippen molar-refractivity contribution in [3.63, 3.8) is 0 Å². The normalized spacial score (nSPS) is 14.0. The van der Waals surface area contributed by atoms with Crippen LogP contribution >= 0.6 is 0 Å². The van der Waals surface area contributed by atoms with Crippen molar-refractivity contribution in [1.29, 1.82) is 0 Å². The lowest BCUT2D eigenvalue weighted by Gasteiger charge is -2.21. The number of para-hydroxylation sites is 1. The molecular formula is C13H16O2. The molecule has 0 aromatic heterocycles. The van der Waals surface area contributed by atoms with Crippen LogP contribution in [-0.4, -0.2) is 5.97 Å². The second-order valence-electron chi connectivity index (χ2n) is 3.68. The van der Waals surface area contributed by atoms with Crippen LogP contribution in [0.25, 0.3) is 0 Å². The molecule has 0 saturated heterocycles. The first kappa shape index (κ1) is 11.5. The van der Waals surface area contributed by atoms with Gasteiger partial charge in [0.15, 0.2) is 0 Å². The summed E-state index contributed by atoms with van der Waals surface area (Å²) in [6.07, 6.45) is 2.32. The summed E-state index contributed by atoms with van der Waals surface area (Å²) >= 11 is 0. The van der Waals surface area contributed by atoms with Gasteiger partial charge in [0.05, 0.1) is 5.41 Å². The number of rotatable bonds is 4. The monoisotopic (exact) mass is 204 g/mol. The molecule has 0 aliphatic heterocycles. The highest BCUT2D eigenvalue weighted by molar-refractivity contribution is 5.80. The van der Waals surface area contributed by atoms with Gasteiger partial charge in [0, 0.05) is 0 Å². The van der Waals surface area contributed by atoms with Gasteiger partial charge in [-0.2, -0.15) is 0 Å². The molecule has 1 rings (SSSR count). The van der Waals surface area contributed by atoms with Gasteiger partial charge in [-0.25, -0.2) is 0 Å². The van der Waals surface area contributed by atoms with Crippen molar-refractivity contribution in [2.24, 2.45) is 5.41 Å². The fourth-order valence-electron chi connectivity index (χ4n) is 1.08. The number of hydrogen-bond acceptors (Lipinski definition) is 2. The number of hydrogen-bond donors (Lipinski definition) is 0. The zero-order valence-corrected chi connectivity index (χ0v) is 9.19. The Morgan fingerprint density at radius 3 is 2.53 bits per heavy atom. The van der Waals surface area contributed by atoms with Gasteiger partial charge < -0.3 is 4.74 Å². The lowest BCUT2D eigenvalue weighted by Crippen LogP contribution is -2.29. The van der Waals surface area contributed by atoms with E-state index >= 15 is 0 Å². The second kappa shape index (κ2) is 4.78. The molecule has 1 atom stereocenters. The van der Waals surface area contributed by atoms with Crippen LogP contribution < -0.4 is 4.74 Å². The van der Waals surface area contributed by atoms with Crippen molar-refractivity contribution in [3.05, 3.63) is 43.0 Å². The van der Waals surface area contributed by atoms with Gasteiger partial charge in [-0.05, 0) is 25.5 Å². The summed E-state index contributed by atoms with van der Waals surface area (Å²) in [6.45, 7) is 7.43. The van der Waals surface area contributed by atoms with E-state index in [9.17, 15) is 4.79 Å². The predicted molar refractivity (Wildman–Crippen MR) is 60.7 cm³/mol. The summed E-state index contributed by atoms with van der Waals surface area (Å²) in [5.74, 6) is 0.315. The molecular weight excluding hydrogens is 188 g/mol. The van der Waals surface area contributed by atoms with Gasteiger partial charge in [0.1, 0.15) is 5.75 Å². The number of benzene rings is 1. The highest BCUT2D eigenvalue weighted by Crippen LogP contribution is 2.25. The number of carbonyl (C=O) groups is 1. The van der Waals surface area contributed by atoms with Crippen LogP contribution in [0.1, 0.15) is 20.3 Å². The van der Waals surface area contributed by atoms with Crippen LogP contribution in [0.3, 0.4) is 0 Å². The molecule has 2 heteroatoms. The Kier molecular flexibility index (Phi) is 3.67. The number of esters is 1. The fraction of sp³-hybridized carbons (Fsp3) is 0.308. The SMILES string of the molecule is C=CC(C)(CC)C(=O)Oc1ccccc1. The van der Waals surface area contributed by atoms with Crippen LogP contribution in [-0.2, 0) is 4.79 Å². The summed E-state index contributed by atoms with van der Waals surface area (Å²) in [5, 5.41) is 0. The van der Waals surface area contributed by atoms with Crippen molar-refractivity contribution in [2.45, 2.75) is 20.3 Å². The lowest BCUT2D eigenvalue weighted by atomic mass is 9.88. The van der Waals surface area contributed by atoms with E-state index in [0.29, 0.717) is 12.2 Å². The summed E-state index contributed by atoms with van der Waals surface area (Å²) < 4.78 is 5.25. The minimum atomic E-state index is -0.601. The Bertz CT molecular complexity index is 343. The minimum absolute atomic E-state index is 0.258. The van der Waals surface area contributed by atoms with E-state index in [2.05, 4.69) is 6.58 Å². The Morgan fingerprint density at radius 2 is 2.07 bits per heavy atom. The largest absolute Gasteiger partial charge is 0.426 e. The Morgan fingerprint density at radius 1 is 1.47 bits per heavy atom. The molecule has 0 saturated carbocycles. The van der Waals surface area contributed by atoms with E-state index in [4.69, 9.17) is 4.74 Å². The first-order valence-electron chi connectivity index (χ1n) is 5.03. The molecule has 1 aromatic rings. The van der Waals surface area contributed by atoms with Crippen molar-refractivity contribution in [1.82, 2.24) is 0 Å². The molecule has 2 nitrogen and oxygen atoms in total. The number of ether oxygens (including phenoxy) is 1. The van der Waals surface area contributed by atoms with Gasteiger partial charge >= 0.3 is 5.97 Å². The van der Waals surface area contributed by atoms with Gasteiger partial charge in [-0.3, -0.25) is 4.79 Å². The van der Waals surface area contributed by atoms with Gasteiger partial charge in [0.25, 0.3) is 0 Å². The second-order valence-corrected chi connectivity index (χ2v) is 3.68. The van der Waals surface area contributed by atoms with Crippen LogP contribution in [0.15, 0.2) is 43.0 Å². The van der Waals surface area contributed by atoms with Gasteiger partial charge in [-0.15, -0.1) is 6.58 Å². The molecule has 0 fully saturated rings. The average molecular weight is 204 g/mol. The van der Waals surface area contributed by atoms with E-state index in [1.807, 2.05) is 32.0 Å². The lowest BCUT2D eigenvalue weighted by molar-refractivity contribution is -0.142. The molecule has 1 aromatic carbocycles. The van der Waals surface area contributed by atoms with E-state index < -0.39 is 5.41 Å². The maximum Gasteiger partial charge on any atom is 0.321 e. The molecule has 0 amide bonds. The van der Waals surface area contributed by atoms with Crippen LogP contribution in [0, 0.1) is 5.41 Å². The van der Waals surface area contributed by atoms with Crippen LogP contribution in [0.5, 0.6) is 5.75 Å². The first-order valence-corrected chi connectivity index (χ1v) is 5.03. The minimum Gasteiger partial charge on any atom is -0.426 e. The van der Waals surface area contributed by atoms with Crippen molar-refractivity contribution in [3.8, 4) is 5.75 Å². The Labute approximate surface area is 90.6 Å². The molecule has 0 spiro atoms. The maximum atomic E-state index is 11.8. The fourth-order valence-corrected chi connectivity index (χ4v) is 1.08. The third-order valence-corrected chi connectivity index (χ3v) is 2.61. The summed E-state index contributed by atoms with van der Waals surface area (Å²) in [5.41, 5.74) is -0.601. The quantitative estimate of drug-likeness (QED) is 0.427. The molecule has 0 N–H and O–H groups in total. The van der Waals surface area contributed by atoms with Gasteiger partial charge in [-0.1, -0.05) is 31.2 Å². The summed E-state index contributed by atoms with van der Waals surface area (Å²) in [7, 11) is 0. The van der Waals surface area contributed by atoms with Crippen molar-refractivity contribution >= 4 is 5.97 Å². The molecule has 0 aliphatic rings. The molecule has 0 aliphatic carbocycles. The van der Waals surface area contributed by atoms with Crippen LogP contribution in [0.4, 0.5) is 0 Å².